The van der Waals surface area contributed by atoms with Crippen LogP contribution in [0.1, 0.15) is 6.42 Å². The van der Waals surface area contributed by atoms with Crippen molar-refractivity contribution in [3.63, 3.8) is 0 Å². The van der Waals surface area contributed by atoms with Gasteiger partial charge in [-0.2, -0.15) is 0 Å². The molecular weight excluding hydrogens is 360 g/mol. The van der Waals surface area contributed by atoms with Gasteiger partial charge in [-0.3, -0.25) is 4.79 Å². The number of aromatic amines is 1. The van der Waals surface area contributed by atoms with Crippen LogP contribution in [0.15, 0.2) is 75.9 Å². The van der Waals surface area contributed by atoms with Gasteiger partial charge in [0, 0.05) is 22.9 Å². The molecule has 2 aromatic heterocycles. The zero-order valence-corrected chi connectivity index (χ0v) is 15.1. The fourth-order valence-electron chi connectivity index (χ4n) is 2.74. The summed E-state index contributed by atoms with van der Waals surface area (Å²) < 4.78 is 0. The van der Waals surface area contributed by atoms with E-state index in [9.17, 15) is 9.90 Å². The van der Waals surface area contributed by atoms with Crippen LogP contribution in [0.25, 0.3) is 21.8 Å². The number of H-pyrrole nitrogens is 1. The number of azo groups is 1. The Balaban J connectivity index is 1.37. The molecule has 0 unspecified atom stereocenters. The maximum absolute atomic E-state index is 12.0. The first kappa shape index (κ1) is 17.2. The van der Waals surface area contributed by atoms with Gasteiger partial charge in [0.15, 0.2) is 5.69 Å². The maximum Gasteiger partial charge on any atom is 0.265 e. The highest BCUT2D eigenvalue weighted by Crippen LogP contribution is 2.35. The van der Waals surface area contributed by atoms with Crippen LogP contribution in [-0.2, 0) is 4.79 Å². The number of aromatic nitrogens is 2. The summed E-state index contributed by atoms with van der Waals surface area (Å²) in [4.78, 5) is 19.4. The molecule has 0 saturated heterocycles. The first-order valence-corrected chi connectivity index (χ1v) is 9.42. The normalized spacial score (nSPS) is 11.6. The molecule has 0 fully saturated rings. The highest BCUT2D eigenvalue weighted by atomic mass is 32.2. The van der Waals surface area contributed by atoms with E-state index in [0.717, 1.165) is 26.8 Å². The minimum absolute atomic E-state index is 0.0949. The summed E-state index contributed by atoms with van der Waals surface area (Å²) in [5.41, 5.74) is 1.96. The van der Waals surface area contributed by atoms with Crippen molar-refractivity contribution >= 4 is 45.2 Å². The molecule has 2 heterocycles. The summed E-state index contributed by atoms with van der Waals surface area (Å²) in [7, 11) is 0. The number of nitrogens with zero attached hydrogens (tertiary/aromatic N) is 3. The molecule has 0 aliphatic heterocycles. The number of para-hydroxylation sites is 2. The average molecular weight is 376 g/mol. The first-order valence-electron chi connectivity index (χ1n) is 8.43. The third kappa shape index (κ3) is 3.83. The largest absolute Gasteiger partial charge is 0.493 e. The Morgan fingerprint density at radius 2 is 1.89 bits per heavy atom. The molecule has 134 valence electrons. The van der Waals surface area contributed by atoms with E-state index in [0.29, 0.717) is 5.75 Å². The Hall–Kier alpha value is -3.19. The molecule has 27 heavy (non-hydrogen) atoms. The minimum atomic E-state index is -0.340. The van der Waals surface area contributed by atoms with Crippen LogP contribution in [0.3, 0.4) is 0 Å². The van der Waals surface area contributed by atoms with Crippen molar-refractivity contribution < 1.29 is 9.90 Å². The predicted octanol–water partition coefficient (Wildman–Crippen LogP) is 5.21. The van der Waals surface area contributed by atoms with Gasteiger partial charge in [-0.1, -0.05) is 42.5 Å². The van der Waals surface area contributed by atoms with Gasteiger partial charge in [0.05, 0.1) is 16.1 Å². The number of hydrogen-bond donors (Lipinski definition) is 2. The number of nitrogens with one attached hydrogen (secondary N) is 1. The van der Waals surface area contributed by atoms with Crippen LogP contribution in [0.5, 0.6) is 5.88 Å². The van der Waals surface area contributed by atoms with Crippen LogP contribution < -0.4 is 0 Å². The summed E-state index contributed by atoms with van der Waals surface area (Å²) in [6.45, 7) is 0. The summed E-state index contributed by atoms with van der Waals surface area (Å²) >= 11 is 1.50. The molecule has 0 aliphatic carbocycles. The number of aromatic hydroxyl groups is 1. The Morgan fingerprint density at radius 3 is 2.81 bits per heavy atom. The molecule has 4 rings (SSSR count). The zero-order chi connectivity index (χ0) is 18.6. The maximum atomic E-state index is 12.0. The highest BCUT2D eigenvalue weighted by molar-refractivity contribution is 7.99. The van der Waals surface area contributed by atoms with Crippen molar-refractivity contribution in [2.75, 3.05) is 5.75 Å². The summed E-state index contributed by atoms with van der Waals surface area (Å²) in [6.07, 6.45) is 0.242. The molecule has 7 heteroatoms. The Bertz CT molecular complexity index is 1150. The van der Waals surface area contributed by atoms with Crippen molar-refractivity contribution in [3.8, 4) is 5.88 Å². The van der Waals surface area contributed by atoms with Crippen LogP contribution in [0.4, 0.5) is 5.69 Å². The predicted molar refractivity (Wildman–Crippen MR) is 107 cm³/mol. The van der Waals surface area contributed by atoms with E-state index in [1.807, 2.05) is 60.7 Å². The van der Waals surface area contributed by atoms with E-state index >= 15 is 0 Å². The van der Waals surface area contributed by atoms with Gasteiger partial charge in [-0.05, 0) is 18.2 Å². The zero-order valence-electron chi connectivity index (χ0n) is 14.3. The lowest BCUT2D eigenvalue weighted by Crippen LogP contribution is -1.94. The van der Waals surface area contributed by atoms with E-state index in [2.05, 4.69) is 20.2 Å². The molecule has 2 aromatic carbocycles. The van der Waals surface area contributed by atoms with E-state index in [4.69, 9.17) is 0 Å². The quantitative estimate of drug-likeness (QED) is 0.369. The van der Waals surface area contributed by atoms with Gasteiger partial charge in [0.1, 0.15) is 0 Å². The second kappa shape index (κ2) is 7.59. The molecule has 0 atom stereocenters. The van der Waals surface area contributed by atoms with Crippen molar-refractivity contribution in [2.45, 2.75) is 11.4 Å². The SMILES string of the molecule is O=C(CCSc1ccc2ccccc2n1)N=Nc1c(O)[nH]c2ccccc12. The van der Waals surface area contributed by atoms with Gasteiger partial charge in [0.2, 0.25) is 5.88 Å². The molecule has 6 nitrogen and oxygen atoms in total. The minimum Gasteiger partial charge on any atom is -0.493 e. The van der Waals surface area contributed by atoms with E-state index in [1.54, 1.807) is 0 Å². The van der Waals surface area contributed by atoms with Crippen LogP contribution >= 0.6 is 11.8 Å². The number of hydrogen-bond acceptors (Lipinski definition) is 5. The number of amides is 1. The monoisotopic (exact) mass is 376 g/mol. The third-order valence-corrected chi connectivity index (χ3v) is 4.99. The standard InChI is InChI=1S/C20H16N4O2S/c25-17(23-24-19-14-6-2-4-8-16(14)22-20(19)26)11-12-27-18-10-9-13-5-1-3-7-15(13)21-18/h1-10,22,26H,11-12H2. The second-order valence-corrected chi connectivity index (χ2v) is 7.02. The molecule has 4 aromatic rings. The van der Waals surface area contributed by atoms with E-state index in [1.165, 1.54) is 11.8 Å². The molecule has 1 amide bonds. The number of carbonyl (C=O) groups is 1. The van der Waals surface area contributed by atoms with Gasteiger partial charge in [-0.25, -0.2) is 4.98 Å². The van der Waals surface area contributed by atoms with Gasteiger partial charge >= 0.3 is 0 Å². The third-order valence-electron chi connectivity index (χ3n) is 4.06. The van der Waals surface area contributed by atoms with E-state index in [-0.39, 0.29) is 23.9 Å². The molecule has 0 bridgehead atoms. The molecule has 0 saturated carbocycles. The number of rotatable bonds is 5. The van der Waals surface area contributed by atoms with Crippen molar-refractivity contribution in [2.24, 2.45) is 10.2 Å². The van der Waals surface area contributed by atoms with Crippen molar-refractivity contribution in [1.82, 2.24) is 9.97 Å². The molecular formula is C20H16N4O2S. The topological polar surface area (TPSA) is 90.7 Å². The van der Waals surface area contributed by atoms with Gasteiger partial charge < -0.3 is 10.1 Å². The van der Waals surface area contributed by atoms with Crippen LogP contribution in [0, 0.1) is 0 Å². The average Bonchev–Trinajstić information content (AvgIpc) is 3.01. The lowest BCUT2D eigenvalue weighted by molar-refractivity contribution is -0.117. The second-order valence-electron chi connectivity index (χ2n) is 5.90. The Labute approximate surface area is 159 Å². The number of pyridine rings is 1. The summed E-state index contributed by atoms with van der Waals surface area (Å²) in [6, 6.07) is 19.2. The fourth-order valence-corrected chi connectivity index (χ4v) is 3.55. The van der Waals surface area contributed by atoms with Crippen LogP contribution in [0.2, 0.25) is 0 Å². The summed E-state index contributed by atoms with van der Waals surface area (Å²) in [5.74, 6) is 0.124. The fraction of sp³-hybridized carbons (Fsp3) is 0.100. The van der Waals surface area contributed by atoms with E-state index < -0.39 is 0 Å². The summed E-state index contributed by atoms with van der Waals surface area (Å²) in [5, 5.41) is 20.3. The molecule has 0 aliphatic rings. The highest BCUT2D eigenvalue weighted by Gasteiger charge is 2.10. The lowest BCUT2D eigenvalue weighted by atomic mass is 10.2. The lowest BCUT2D eigenvalue weighted by Gasteiger charge is -2.01. The number of fused-ring (bicyclic) bond motifs is 2. The smallest absolute Gasteiger partial charge is 0.265 e. The van der Waals surface area contributed by atoms with Crippen molar-refractivity contribution in [1.29, 1.82) is 0 Å². The van der Waals surface area contributed by atoms with Gasteiger partial charge in [0.25, 0.3) is 5.91 Å². The molecule has 0 spiro atoms. The number of benzene rings is 2. The Kier molecular flexibility index (Phi) is 4.84. The van der Waals surface area contributed by atoms with Gasteiger partial charge in [-0.15, -0.1) is 22.0 Å². The molecule has 0 radical (unpaired) electrons. The first-order chi connectivity index (χ1) is 13.2. The molecule has 2 N–H and O–H groups in total. The number of thioether (sulfide) groups is 1. The van der Waals surface area contributed by atoms with Crippen molar-refractivity contribution in [3.05, 3.63) is 60.7 Å². The Morgan fingerprint density at radius 1 is 1.07 bits per heavy atom. The number of carbonyl (C=O) groups excluding carboxylic acids is 1. The van der Waals surface area contributed by atoms with Crippen LogP contribution in [-0.4, -0.2) is 26.7 Å².